The fourth-order valence-corrected chi connectivity index (χ4v) is 3.10. The van der Waals surface area contributed by atoms with Gasteiger partial charge in [-0.15, -0.1) is 5.73 Å². The second-order valence-corrected chi connectivity index (χ2v) is 5.09. The minimum atomic E-state index is 0.974. The second-order valence-electron chi connectivity index (χ2n) is 3.68. The molecular weight excluding hydrogens is 176 g/mol. The normalized spacial score (nSPS) is 18.2. The van der Waals surface area contributed by atoms with E-state index >= 15 is 0 Å². The van der Waals surface area contributed by atoms with Crippen molar-refractivity contribution in [2.24, 2.45) is 0 Å². The number of hydrogen-bond donors (Lipinski definition) is 0. The summed E-state index contributed by atoms with van der Waals surface area (Å²) in [4.78, 5) is 0. The average molecular weight is 196 g/mol. The molecule has 1 aliphatic carbocycles. The van der Waals surface area contributed by atoms with Crippen molar-refractivity contribution in [1.29, 1.82) is 0 Å². The van der Waals surface area contributed by atoms with Gasteiger partial charge in [0, 0.05) is 5.25 Å². The summed E-state index contributed by atoms with van der Waals surface area (Å²) < 4.78 is 0. The highest BCUT2D eigenvalue weighted by Gasteiger charge is 2.12. The highest BCUT2D eigenvalue weighted by Crippen LogP contribution is 2.28. The van der Waals surface area contributed by atoms with Gasteiger partial charge < -0.3 is 0 Å². The molecule has 0 aromatic rings. The molecule has 0 N–H and O–H groups in total. The van der Waals surface area contributed by atoms with Crippen LogP contribution in [0.15, 0.2) is 18.4 Å². The summed E-state index contributed by atoms with van der Waals surface area (Å²) in [6, 6.07) is 0. The molecule has 0 amide bonds. The number of hydrogen-bond acceptors (Lipinski definition) is 1. The Bertz CT molecular complexity index is 162. The van der Waals surface area contributed by atoms with E-state index in [4.69, 9.17) is 0 Å². The van der Waals surface area contributed by atoms with Gasteiger partial charge in [-0.3, -0.25) is 0 Å². The third-order valence-electron chi connectivity index (χ3n) is 2.54. The summed E-state index contributed by atoms with van der Waals surface area (Å²) in [5, 5.41) is 0.974. The molecule has 0 atom stereocenters. The van der Waals surface area contributed by atoms with Crippen LogP contribution in [0.2, 0.25) is 0 Å². The van der Waals surface area contributed by atoms with Crippen LogP contribution in [0, 0.1) is 0 Å². The Balaban J connectivity index is 1.94. The van der Waals surface area contributed by atoms with E-state index in [1.165, 1.54) is 44.3 Å². The summed E-state index contributed by atoms with van der Waals surface area (Å²) >= 11 is 2.18. The molecule has 0 heterocycles. The molecular formula is C12H20S. The molecule has 0 radical (unpaired) electrons. The van der Waals surface area contributed by atoms with E-state index in [2.05, 4.69) is 24.1 Å². The minimum Gasteiger partial charge on any atom is -0.159 e. The molecule has 0 bridgehead atoms. The predicted octanol–water partition coefficient (Wildman–Crippen LogP) is 4.17. The van der Waals surface area contributed by atoms with Crippen molar-refractivity contribution in [1.82, 2.24) is 0 Å². The first kappa shape index (κ1) is 10.9. The fourth-order valence-electron chi connectivity index (χ4n) is 1.77. The van der Waals surface area contributed by atoms with Crippen LogP contribution in [0.1, 0.15) is 44.9 Å². The average Bonchev–Trinajstić information content (AvgIpc) is 2.19. The van der Waals surface area contributed by atoms with Gasteiger partial charge in [0.05, 0.1) is 0 Å². The van der Waals surface area contributed by atoms with Crippen molar-refractivity contribution < 1.29 is 0 Å². The minimum absolute atomic E-state index is 0.974. The van der Waals surface area contributed by atoms with Gasteiger partial charge in [0.15, 0.2) is 0 Å². The van der Waals surface area contributed by atoms with Crippen LogP contribution in [0.3, 0.4) is 0 Å². The van der Waals surface area contributed by atoms with E-state index < -0.39 is 0 Å². The largest absolute Gasteiger partial charge is 0.159 e. The highest BCUT2D eigenvalue weighted by molar-refractivity contribution is 7.99. The maximum atomic E-state index is 3.56. The summed E-state index contributed by atoms with van der Waals surface area (Å²) in [6.45, 7) is 3.56. The molecule has 0 aliphatic heterocycles. The topological polar surface area (TPSA) is 0 Å². The van der Waals surface area contributed by atoms with E-state index in [-0.39, 0.29) is 0 Å². The maximum Gasteiger partial charge on any atom is 0.00470 e. The lowest BCUT2D eigenvalue weighted by atomic mass is 10.0. The lowest BCUT2D eigenvalue weighted by Crippen LogP contribution is -2.08. The van der Waals surface area contributed by atoms with Gasteiger partial charge in [0.2, 0.25) is 0 Å². The third kappa shape index (κ3) is 5.23. The molecule has 1 heteroatoms. The SMILES string of the molecule is C=C=CCCCSC1CCCCC1. The van der Waals surface area contributed by atoms with Crippen LogP contribution < -0.4 is 0 Å². The molecule has 1 fully saturated rings. The molecule has 13 heavy (non-hydrogen) atoms. The third-order valence-corrected chi connectivity index (χ3v) is 4.01. The van der Waals surface area contributed by atoms with Gasteiger partial charge in [-0.25, -0.2) is 0 Å². The van der Waals surface area contributed by atoms with E-state index in [9.17, 15) is 0 Å². The van der Waals surface area contributed by atoms with Crippen LogP contribution in [-0.4, -0.2) is 11.0 Å². The summed E-state index contributed by atoms with van der Waals surface area (Å²) in [5.41, 5.74) is 2.82. The number of rotatable bonds is 5. The van der Waals surface area contributed by atoms with Crippen molar-refractivity contribution in [3.8, 4) is 0 Å². The highest BCUT2D eigenvalue weighted by atomic mass is 32.2. The van der Waals surface area contributed by atoms with Crippen molar-refractivity contribution in [3.63, 3.8) is 0 Å². The quantitative estimate of drug-likeness (QED) is 0.469. The van der Waals surface area contributed by atoms with E-state index in [1.54, 1.807) is 0 Å². The second kappa shape index (κ2) is 7.29. The van der Waals surface area contributed by atoms with Crippen molar-refractivity contribution >= 4 is 11.8 Å². The Kier molecular flexibility index (Phi) is 6.14. The van der Waals surface area contributed by atoms with Gasteiger partial charge in [-0.1, -0.05) is 25.8 Å². The number of thioether (sulfide) groups is 1. The zero-order valence-electron chi connectivity index (χ0n) is 8.43. The Morgan fingerprint density at radius 2 is 2.08 bits per heavy atom. The standard InChI is InChI=1S/C12H20S/c1-2-3-4-8-11-13-12-9-6-5-7-10-12/h3,12H,1,4-11H2. The van der Waals surface area contributed by atoms with Crippen molar-refractivity contribution in [2.45, 2.75) is 50.2 Å². The molecule has 1 saturated carbocycles. The molecule has 0 aromatic heterocycles. The van der Waals surface area contributed by atoms with Crippen LogP contribution in [0.25, 0.3) is 0 Å². The van der Waals surface area contributed by atoms with Crippen LogP contribution >= 0.6 is 11.8 Å². The van der Waals surface area contributed by atoms with Crippen LogP contribution in [0.4, 0.5) is 0 Å². The Morgan fingerprint density at radius 1 is 1.31 bits per heavy atom. The lowest BCUT2D eigenvalue weighted by Gasteiger charge is -2.20. The molecule has 74 valence electrons. The molecule has 0 spiro atoms. The van der Waals surface area contributed by atoms with Gasteiger partial charge in [-0.05, 0) is 37.5 Å². The smallest absolute Gasteiger partial charge is 0.00470 e. The van der Waals surface area contributed by atoms with E-state index in [0.717, 1.165) is 11.7 Å². The first-order valence-electron chi connectivity index (χ1n) is 5.39. The zero-order valence-corrected chi connectivity index (χ0v) is 9.24. The molecule has 0 saturated heterocycles. The first-order valence-corrected chi connectivity index (χ1v) is 6.44. The Hall–Kier alpha value is -0.130. The van der Waals surface area contributed by atoms with Crippen LogP contribution in [-0.2, 0) is 0 Å². The number of unbranched alkanes of at least 4 members (excludes halogenated alkanes) is 1. The van der Waals surface area contributed by atoms with Gasteiger partial charge in [0.1, 0.15) is 0 Å². The summed E-state index contributed by atoms with van der Waals surface area (Å²) in [6.07, 6.45) is 11.8. The molecule has 0 aromatic carbocycles. The molecule has 1 aliphatic rings. The first-order chi connectivity index (χ1) is 6.43. The summed E-state index contributed by atoms with van der Waals surface area (Å²) in [7, 11) is 0. The Labute approximate surface area is 86.5 Å². The summed E-state index contributed by atoms with van der Waals surface area (Å²) in [5.74, 6) is 1.32. The zero-order chi connectivity index (χ0) is 9.36. The Morgan fingerprint density at radius 3 is 2.77 bits per heavy atom. The van der Waals surface area contributed by atoms with Gasteiger partial charge in [-0.2, -0.15) is 11.8 Å². The molecule has 0 unspecified atom stereocenters. The fraction of sp³-hybridized carbons (Fsp3) is 0.750. The molecule has 1 rings (SSSR count). The molecule has 0 nitrogen and oxygen atoms in total. The maximum absolute atomic E-state index is 3.56. The lowest BCUT2D eigenvalue weighted by molar-refractivity contribution is 0.516. The number of allylic oxidation sites excluding steroid dienone is 1. The van der Waals surface area contributed by atoms with E-state index in [1.807, 2.05) is 6.08 Å². The van der Waals surface area contributed by atoms with Gasteiger partial charge in [0.25, 0.3) is 0 Å². The predicted molar refractivity (Wildman–Crippen MR) is 62.3 cm³/mol. The van der Waals surface area contributed by atoms with Crippen LogP contribution in [0.5, 0.6) is 0 Å². The monoisotopic (exact) mass is 196 g/mol. The van der Waals surface area contributed by atoms with Crippen molar-refractivity contribution in [3.05, 3.63) is 18.4 Å². The van der Waals surface area contributed by atoms with Crippen molar-refractivity contribution in [2.75, 3.05) is 5.75 Å². The van der Waals surface area contributed by atoms with E-state index in [0.29, 0.717) is 0 Å². The van der Waals surface area contributed by atoms with Gasteiger partial charge >= 0.3 is 0 Å².